The van der Waals surface area contributed by atoms with Crippen LogP contribution in [0.25, 0.3) is 0 Å². The largest absolute Gasteiger partial charge is 0.496 e. The van der Waals surface area contributed by atoms with E-state index in [9.17, 15) is 5.11 Å². The Morgan fingerprint density at radius 2 is 1.40 bits per heavy atom. The highest BCUT2D eigenvalue weighted by atomic mass is 16.5. The minimum Gasteiger partial charge on any atom is -0.496 e. The molecule has 1 N–H and O–H groups in total. The highest BCUT2D eigenvalue weighted by molar-refractivity contribution is 5.35. The Balaban J connectivity index is 1.73. The van der Waals surface area contributed by atoms with E-state index >= 15 is 0 Å². The second-order valence-corrected chi connectivity index (χ2v) is 7.67. The van der Waals surface area contributed by atoms with Crippen LogP contribution in [0.3, 0.4) is 0 Å². The van der Waals surface area contributed by atoms with Gasteiger partial charge in [0.05, 0.1) is 13.2 Å². The first kappa shape index (κ1) is 18.7. The fraction of sp³-hybridized carbons (Fsp3) is 0.714. The lowest BCUT2D eigenvalue weighted by molar-refractivity contribution is 0.0431. The lowest BCUT2D eigenvalue weighted by atomic mass is 9.92. The topological polar surface area (TPSA) is 35.9 Å². The normalized spacial score (nSPS) is 21.4. The fourth-order valence-corrected chi connectivity index (χ4v) is 4.37. The zero-order chi connectivity index (χ0) is 17.5. The third-order valence-electron chi connectivity index (χ3n) is 5.79. The molecule has 0 aliphatic carbocycles. The Hall–Kier alpha value is -1.10. The number of aliphatic hydroxyl groups is 1. The van der Waals surface area contributed by atoms with E-state index in [1.165, 1.54) is 64.7 Å². The Kier molecular flexibility index (Phi) is 7.14. The first-order valence-electron chi connectivity index (χ1n) is 10.0. The predicted molar refractivity (Wildman–Crippen MR) is 102 cm³/mol. The van der Waals surface area contributed by atoms with Gasteiger partial charge < -0.3 is 19.6 Å². The predicted octanol–water partition coefficient (Wildman–Crippen LogP) is 3.32. The van der Waals surface area contributed by atoms with Gasteiger partial charge in [0.1, 0.15) is 5.75 Å². The van der Waals surface area contributed by atoms with Crippen LogP contribution >= 0.6 is 0 Å². The van der Waals surface area contributed by atoms with Crippen LogP contribution in [0.15, 0.2) is 24.3 Å². The first-order chi connectivity index (χ1) is 12.3. The maximum atomic E-state index is 11.2. The van der Waals surface area contributed by atoms with Crippen molar-refractivity contribution in [3.63, 3.8) is 0 Å². The van der Waals surface area contributed by atoms with Gasteiger partial charge in [0.15, 0.2) is 0 Å². The molecule has 2 aliphatic rings. The van der Waals surface area contributed by atoms with E-state index in [0.29, 0.717) is 0 Å². The number of aliphatic hydroxyl groups excluding tert-OH is 1. The average molecular weight is 347 g/mol. The number of hydrogen-bond donors (Lipinski definition) is 1. The number of rotatable bonds is 7. The average Bonchev–Trinajstić information content (AvgIpc) is 2.68. The second-order valence-electron chi connectivity index (χ2n) is 7.67. The summed E-state index contributed by atoms with van der Waals surface area (Å²) in [5, 5.41) is 11.2. The standard InChI is InChI=1S/C21H34N2O2/c1-25-20-11-5-4-10-19(20)21(24)18(16-22-12-6-2-7-13-22)17-23-14-8-3-9-15-23/h4-5,10-11,18,21,24H,2-3,6-9,12-17H2,1H3/t21-/m1/s1. The zero-order valence-electron chi connectivity index (χ0n) is 15.7. The van der Waals surface area contributed by atoms with Crippen molar-refractivity contribution in [3.8, 4) is 5.75 Å². The molecule has 2 aliphatic heterocycles. The van der Waals surface area contributed by atoms with Crippen LogP contribution in [0, 0.1) is 5.92 Å². The Labute approximate surface area is 152 Å². The molecule has 4 nitrogen and oxygen atoms in total. The summed E-state index contributed by atoms with van der Waals surface area (Å²) in [7, 11) is 1.69. The van der Waals surface area contributed by atoms with Gasteiger partial charge in [-0.15, -0.1) is 0 Å². The van der Waals surface area contributed by atoms with Crippen LogP contribution in [0.5, 0.6) is 5.75 Å². The molecular weight excluding hydrogens is 312 g/mol. The summed E-state index contributed by atoms with van der Waals surface area (Å²) in [5.41, 5.74) is 0.934. The van der Waals surface area contributed by atoms with Crippen molar-refractivity contribution >= 4 is 0 Å². The minimum atomic E-state index is -0.472. The number of para-hydroxylation sites is 1. The van der Waals surface area contributed by atoms with Gasteiger partial charge in [-0.05, 0) is 57.9 Å². The quantitative estimate of drug-likeness (QED) is 0.822. The third kappa shape index (κ3) is 5.19. The Bertz CT molecular complexity index is 490. The molecule has 2 fully saturated rings. The maximum Gasteiger partial charge on any atom is 0.124 e. The number of methoxy groups -OCH3 is 1. The van der Waals surface area contributed by atoms with E-state index in [1.807, 2.05) is 24.3 Å². The smallest absolute Gasteiger partial charge is 0.124 e. The first-order valence-corrected chi connectivity index (χ1v) is 10.0. The zero-order valence-corrected chi connectivity index (χ0v) is 15.7. The number of nitrogens with zero attached hydrogens (tertiary/aromatic N) is 2. The van der Waals surface area contributed by atoms with Crippen LogP contribution in [-0.2, 0) is 0 Å². The van der Waals surface area contributed by atoms with Crippen LogP contribution in [-0.4, -0.2) is 61.3 Å². The molecule has 1 aromatic carbocycles. The van der Waals surface area contributed by atoms with Crippen molar-refractivity contribution in [2.75, 3.05) is 46.4 Å². The maximum absolute atomic E-state index is 11.2. The summed E-state index contributed by atoms with van der Waals surface area (Å²) in [6.45, 7) is 6.67. The molecule has 2 heterocycles. The molecule has 4 heteroatoms. The van der Waals surface area contributed by atoms with Crippen LogP contribution in [0.1, 0.15) is 50.2 Å². The number of ether oxygens (including phenoxy) is 1. The molecule has 1 aromatic rings. The molecule has 140 valence electrons. The lowest BCUT2D eigenvalue weighted by Gasteiger charge is -2.37. The summed E-state index contributed by atoms with van der Waals surface area (Å²) in [4.78, 5) is 5.10. The Morgan fingerprint density at radius 3 is 1.92 bits per heavy atom. The number of piperidine rings is 2. The van der Waals surface area contributed by atoms with E-state index < -0.39 is 6.10 Å². The SMILES string of the molecule is COc1ccccc1[C@H](O)C(CN1CCCCC1)CN1CCCCC1. The highest BCUT2D eigenvalue weighted by Crippen LogP contribution is 2.32. The van der Waals surface area contributed by atoms with Gasteiger partial charge in [-0.3, -0.25) is 0 Å². The molecule has 1 atom stereocenters. The molecule has 0 amide bonds. The molecule has 0 radical (unpaired) electrons. The molecule has 3 rings (SSSR count). The number of hydrogen-bond acceptors (Lipinski definition) is 4. The molecule has 25 heavy (non-hydrogen) atoms. The summed E-state index contributed by atoms with van der Waals surface area (Å²) < 4.78 is 5.51. The summed E-state index contributed by atoms with van der Waals surface area (Å²) in [6.07, 6.45) is 7.40. The molecule has 0 bridgehead atoms. The third-order valence-corrected chi connectivity index (χ3v) is 5.79. The van der Waals surface area contributed by atoms with Gasteiger partial charge in [-0.1, -0.05) is 31.0 Å². The molecule has 0 spiro atoms. The molecule has 0 saturated carbocycles. The van der Waals surface area contributed by atoms with E-state index in [-0.39, 0.29) is 5.92 Å². The van der Waals surface area contributed by atoms with Crippen LogP contribution in [0.4, 0.5) is 0 Å². The van der Waals surface area contributed by atoms with Crippen LogP contribution in [0.2, 0.25) is 0 Å². The van der Waals surface area contributed by atoms with Crippen molar-refractivity contribution in [2.45, 2.75) is 44.6 Å². The highest BCUT2D eigenvalue weighted by Gasteiger charge is 2.28. The van der Waals surface area contributed by atoms with Crippen molar-refractivity contribution in [2.24, 2.45) is 5.92 Å². The molecule has 2 saturated heterocycles. The van der Waals surface area contributed by atoms with Gasteiger partial charge in [0.2, 0.25) is 0 Å². The van der Waals surface area contributed by atoms with E-state index in [2.05, 4.69) is 9.80 Å². The monoisotopic (exact) mass is 346 g/mol. The van der Waals surface area contributed by atoms with Gasteiger partial charge in [-0.2, -0.15) is 0 Å². The second kappa shape index (κ2) is 9.56. The lowest BCUT2D eigenvalue weighted by Crippen LogP contribution is -2.43. The number of benzene rings is 1. The Morgan fingerprint density at radius 1 is 0.880 bits per heavy atom. The van der Waals surface area contributed by atoms with Gasteiger partial charge in [0.25, 0.3) is 0 Å². The van der Waals surface area contributed by atoms with Gasteiger partial charge in [0, 0.05) is 24.6 Å². The van der Waals surface area contributed by atoms with Crippen molar-refractivity contribution < 1.29 is 9.84 Å². The van der Waals surface area contributed by atoms with Crippen LogP contribution < -0.4 is 4.74 Å². The molecule has 0 aromatic heterocycles. The minimum absolute atomic E-state index is 0.229. The summed E-state index contributed by atoms with van der Waals surface area (Å²) in [6, 6.07) is 7.94. The van der Waals surface area contributed by atoms with Gasteiger partial charge >= 0.3 is 0 Å². The van der Waals surface area contributed by atoms with E-state index in [4.69, 9.17) is 4.74 Å². The van der Waals surface area contributed by atoms with Crippen molar-refractivity contribution in [3.05, 3.63) is 29.8 Å². The van der Waals surface area contributed by atoms with Gasteiger partial charge in [-0.25, -0.2) is 0 Å². The van der Waals surface area contributed by atoms with E-state index in [1.54, 1.807) is 7.11 Å². The summed E-state index contributed by atoms with van der Waals surface area (Å²) in [5.74, 6) is 1.03. The van der Waals surface area contributed by atoms with Crippen molar-refractivity contribution in [1.82, 2.24) is 9.80 Å². The van der Waals surface area contributed by atoms with Crippen molar-refractivity contribution in [1.29, 1.82) is 0 Å². The number of likely N-dealkylation sites (tertiary alicyclic amines) is 2. The fourth-order valence-electron chi connectivity index (χ4n) is 4.37. The van der Waals surface area contributed by atoms with E-state index in [0.717, 1.165) is 24.4 Å². The molecule has 0 unspecified atom stereocenters. The molecular formula is C21H34N2O2. The summed E-state index contributed by atoms with van der Waals surface area (Å²) >= 11 is 0.